The predicted molar refractivity (Wildman–Crippen MR) is 71.1 cm³/mol. The molecule has 19 heavy (non-hydrogen) atoms. The van der Waals surface area contributed by atoms with Gasteiger partial charge >= 0.3 is 0 Å². The molecule has 0 aliphatic carbocycles. The lowest BCUT2D eigenvalue weighted by molar-refractivity contribution is 0.217. The van der Waals surface area contributed by atoms with E-state index >= 15 is 0 Å². The molecule has 0 aromatic carbocycles. The number of ether oxygens (including phenoxy) is 1. The lowest BCUT2D eigenvalue weighted by atomic mass is 10.2. The van der Waals surface area contributed by atoms with Gasteiger partial charge in [0.15, 0.2) is 5.82 Å². The number of anilines is 1. The summed E-state index contributed by atoms with van der Waals surface area (Å²) in [5.41, 5.74) is 1.59. The van der Waals surface area contributed by atoms with E-state index in [1.54, 1.807) is 30.6 Å². The topological polar surface area (TPSA) is 97.0 Å². The molecule has 0 radical (unpaired) electrons. The zero-order valence-corrected chi connectivity index (χ0v) is 11.1. The average molecular weight is 282 g/mol. The van der Waals surface area contributed by atoms with E-state index in [1.807, 2.05) is 0 Å². The fourth-order valence-corrected chi connectivity index (χ4v) is 2.37. The van der Waals surface area contributed by atoms with E-state index in [2.05, 4.69) is 19.9 Å². The molecule has 7 nitrogen and oxygen atoms in total. The van der Waals surface area contributed by atoms with E-state index in [4.69, 9.17) is 4.74 Å². The van der Waals surface area contributed by atoms with Gasteiger partial charge in [0.25, 0.3) is 0 Å². The molecule has 0 saturated heterocycles. The summed E-state index contributed by atoms with van der Waals surface area (Å²) in [6, 6.07) is 5.23. The Hall–Kier alpha value is -1.93. The zero-order chi connectivity index (χ0) is 13.7. The van der Waals surface area contributed by atoms with Crippen LogP contribution in [0.3, 0.4) is 0 Å². The summed E-state index contributed by atoms with van der Waals surface area (Å²) < 4.78 is 30.4. The van der Waals surface area contributed by atoms with Gasteiger partial charge in [-0.3, -0.25) is 14.8 Å². The van der Waals surface area contributed by atoms with E-state index < -0.39 is 10.0 Å². The molecule has 0 unspecified atom stereocenters. The summed E-state index contributed by atoms with van der Waals surface area (Å²) in [7, 11) is -1.99. The fraction of sp³-hybridized carbons (Fsp3) is 0.273. The molecule has 0 amide bonds. The Labute approximate surface area is 111 Å². The summed E-state index contributed by atoms with van der Waals surface area (Å²) in [6.07, 6.45) is 3.30. The van der Waals surface area contributed by atoms with Crippen LogP contribution in [0.25, 0.3) is 11.3 Å². The van der Waals surface area contributed by atoms with Gasteiger partial charge in [0.1, 0.15) is 0 Å². The third-order valence-corrected chi connectivity index (χ3v) is 3.61. The molecule has 2 aromatic rings. The number of nitrogens with zero attached hydrogens (tertiary/aromatic N) is 2. The third kappa shape index (κ3) is 3.76. The zero-order valence-electron chi connectivity index (χ0n) is 10.3. The Bertz CT molecular complexity index is 624. The normalized spacial score (nSPS) is 11.4. The van der Waals surface area contributed by atoms with Crippen molar-refractivity contribution in [3.63, 3.8) is 0 Å². The van der Waals surface area contributed by atoms with Gasteiger partial charge < -0.3 is 4.74 Å². The van der Waals surface area contributed by atoms with Crippen molar-refractivity contribution in [3.05, 3.63) is 30.6 Å². The van der Waals surface area contributed by atoms with E-state index in [9.17, 15) is 8.42 Å². The smallest absolute Gasteiger partial charge is 0.236 e. The first-order valence-corrected chi connectivity index (χ1v) is 7.21. The number of aromatic amines is 1. The maximum Gasteiger partial charge on any atom is 0.236 e. The first kappa shape index (κ1) is 13.5. The molecule has 0 bridgehead atoms. The van der Waals surface area contributed by atoms with E-state index in [-0.39, 0.29) is 18.2 Å². The summed E-state index contributed by atoms with van der Waals surface area (Å²) >= 11 is 0. The highest BCUT2D eigenvalue weighted by Crippen LogP contribution is 2.19. The Morgan fingerprint density at radius 1 is 1.37 bits per heavy atom. The number of hydrogen-bond donors (Lipinski definition) is 2. The summed E-state index contributed by atoms with van der Waals surface area (Å²) in [6.45, 7) is 0.136. The van der Waals surface area contributed by atoms with Gasteiger partial charge in [0.05, 0.1) is 18.1 Å². The highest BCUT2D eigenvalue weighted by molar-refractivity contribution is 7.92. The monoisotopic (exact) mass is 282 g/mol. The molecular weight excluding hydrogens is 268 g/mol. The minimum atomic E-state index is -3.44. The van der Waals surface area contributed by atoms with Gasteiger partial charge in [-0.15, -0.1) is 0 Å². The van der Waals surface area contributed by atoms with Crippen molar-refractivity contribution in [2.75, 3.05) is 24.2 Å². The van der Waals surface area contributed by atoms with Gasteiger partial charge in [-0.25, -0.2) is 8.42 Å². The van der Waals surface area contributed by atoms with Crippen molar-refractivity contribution in [2.45, 2.75) is 0 Å². The van der Waals surface area contributed by atoms with Gasteiger partial charge in [0, 0.05) is 31.1 Å². The van der Waals surface area contributed by atoms with Gasteiger partial charge in [-0.1, -0.05) is 0 Å². The SMILES string of the molecule is COCCS(=O)(=O)Nc1cc(-c2ccncc2)[nH]n1. The second-order valence-corrected chi connectivity index (χ2v) is 5.66. The van der Waals surface area contributed by atoms with Crippen LogP contribution in [0.15, 0.2) is 30.6 Å². The molecule has 2 rings (SSSR count). The summed E-state index contributed by atoms with van der Waals surface area (Å²) in [5, 5.41) is 6.67. The van der Waals surface area contributed by atoms with E-state index in [0.29, 0.717) is 5.69 Å². The number of aromatic nitrogens is 3. The van der Waals surface area contributed by atoms with Crippen LogP contribution < -0.4 is 4.72 Å². The number of hydrogen-bond acceptors (Lipinski definition) is 5. The number of rotatable bonds is 6. The van der Waals surface area contributed by atoms with Crippen LogP contribution >= 0.6 is 0 Å². The predicted octanol–water partition coefficient (Wildman–Crippen LogP) is 0.860. The highest BCUT2D eigenvalue weighted by atomic mass is 32.2. The van der Waals surface area contributed by atoms with Crippen molar-refractivity contribution >= 4 is 15.8 Å². The number of methoxy groups -OCH3 is 1. The Morgan fingerprint density at radius 2 is 2.11 bits per heavy atom. The van der Waals surface area contributed by atoms with Gasteiger partial charge in [0.2, 0.25) is 10.0 Å². The van der Waals surface area contributed by atoms with E-state index in [0.717, 1.165) is 5.56 Å². The lowest BCUT2D eigenvalue weighted by Crippen LogP contribution is -2.19. The standard InChI is InChI=1S/C11H14N4O3S/c1-18-6-7-19(16,17)15-11-8-10(13-14-11)9-2-4-12-5-3-9/h2-5,8H,6-7H2,1H3,(H2,13,14,15). The van der Waals surface area contributed by atoms with Crippen LogP contribution in [-0.4, -0.2) is 43.1 Å². The quantitative estimate of drug-likeness (QED) is 0.819. The van der Waals surface area contributed by atoms with Crippen LogP contribution in [0.4, 0.5) is 5.82 Å². The molecule has 0 saturated carbocycles. The van der Waals surface area contributed by atoms with Crippen molar-refractivity contribution < 1.29 is 13.2 Å². The number of pyridine rings is 1. The first-order chi connectivity index (χ1) is 9.11. The molecular formula is C11H14N4O3S. The largest absolute Gasteiger partial charge is 0.384 e. The molecule has 0 fully saturated rings. The highest BCUT2D eigenvalue weighted by Gasteiger charge is 2.12. The van der Waals surface area contributed by atoms with Crippen molar-refractivity contribution in [2.24, 2.45) is 0 Å². The molecule has 2 aromatic heterocycles. The minimum Gasteiger partial charge on any atom is -0.384 e. The van der Waals surface area contributed by atoms with Gasteiger partial charge in [-0.2, -0.15) is 5.10 Å². The maximum absolute atomic E-state index is 11.6. The van der Waals surface area contributed by atoms with Crippen molar-refractivity contribution in [1.82, 2.24) is 15.2 Å². The van der Waals surface area contributed by atoms with Crippen LogP contribution in [0, 0.1) is 0 Å². The lowest BCUT2D eigenvalue weighted by Gasteiger charge is -2.03. The number of sulfonamides is 1. The first-order valence-electron chi connectivity index (χ1n) is 5.56. The fourth-order valence-electron chi connectivity index (χ4n) is 1.46. The van der Waals surface area contributed by atoms with E-state index in [1.165, 1.54) is 7.11 Å². The number of H-pyrrole nitrogens is 1. The van der Waals surface area contributed by atoms with Crippen LogP contribution in [0.5, 0.6) is 0 Å². The van der Waals surface area contributed by atoms with Crippen LogP contribution in [0.1, 0.15) is 0 Å². The maximum atomic E-state index is 11.6. The number of nitrogens with one attached hydrogen (secondary N) is 2. The molecule has 102 valence electrons. The summed E-state index contributed by atoms with van der Waals surface area (Å²) in [4.78, 5) is 3.91. The molecule has 0 spiro atoms. The second kappa shape index (κ2) is 5.81. The van der Waals surface area contributed by atoms with Crippen LogP contribution in [0.2, 0.25) is 0 Å². The van der Waals surface area contributed by atoms with Crippen molar-refractivity contribution in [1.29, 1.82) is 0 Å². The summed E-state index contributed by atoms with van der Waals surface area (Å²) in [5.74, 6) is 0.143. The Morgan fingerprint density at radius 3 is 2.79 bits per heavy atom. The molecule has 2 heterocycles. The third-order valence-electron chi connectivity index (χ3n) is 2.39. The molecule has 0 atom stereocenters. The second-order valence-electron chi connectivity index (χ2n) is 3.82. The minimum absolute atomic E-state index is 0.110. The molecule has 2 N–H and O–H groups in total. The molecule has 8 heteroatoms. The van der Waals surface area contributed by atoms with Crippen LogP contribution in [-0.2, 0) is 14.8 Å². The molecule has 0 aliphatic rings. The average Bonchev–Trinajstić information content (AvgIpc) is 2.85. The van der Waals surface area contributed by atoms with Gasteiger partial charge in [-0.05, 0) is 12.1 Å². The molecule has 0 aliphatic heterocycles. The van der Waals surface area contributed by atoms with Crippen molar-refractivity contribution in [3.8, 4) is 11.3 Å². The Kier molecular flexibility index (Phi) is 4.13. The Balaban J connectivity index is 2.10.